The molecule has 4 aromatic carbocycles. The first-order valence-electron chi connectivity index (χ1n) is 12.2. The summed E-state index contributed by atoms with van der Waals surface area (Å²) in [5, 5.41) is 15.7. The average Bonchev–Trinajstić information content (AvgIpc) is 3.39. The molecule has 0 spiro atoms. The van der Waals surface area contributed by atoms with Crippen LogP contribution in [0.3, 0.4) is 0 Å². The van der Waals surface area contributed by atoms with Gasteiger partial charge in [0.2, 0.25) is 0 Å². The maximum atomic E-state index is 13.2. The third-order valence-electron chi connectivity index (χ3n) is 6.53. The summed E-state index contributed by atoms with van der Waals surface area (Å²) in [6.45, 7) is 3.90. The summed E-state index contributed by atoms with van der Waals surface area (Å²) < 4.78 is 0. The lowest BCUT2D eigenvalue weighted by molar-refractivity contribution is 0.0979. The zero-order chi connectivity index (χ0) is 25.1. The fourth-order valence-corrected chi connectivity index (χ4v) is 5.56. The van der Waals surface area contributed by atoms with Crippen LogP contribution >= 0.6 is 11.3 Å². The Morgan fingerprint density at radius 2 is 1.56 bits per heavy atom. The molecule has 0 aliphatic rings. The summed E-state index contributed by atoms with van der Waals surface area (Å²) >= 11 is 1.55. The largest absolute Gasteiger partial charge is 0.389 e. The van der Waals surface area contributed by atoms with Gasteiger partial charge in [-0.2, -0.15) is 0 Å². The normalized spacial score (nSPS) is 12.9. The predicted octanol–water partition coefficient (Wildman–Crippen LogP) is 8.74. The number of benzene rings is 4. The minimum atomic E-state index is -0.511. The van der Waals surface area contributed by atoms with Gasteiger partial charge in [-0.05, 0) is 76.7 Å². The summed E-state index contributed by atoms with van der Waals surface area (Å²) in [5.74, 6) is 0.315. The minimum Gasteiger partial charge on any atom is -0.389 e. The standard InChI is InChI=1S/C32H29NO2S/c1-21(28-15-7-9-23-8-3-4-14-29(23)28)18-30(35)32-17-16-31(36-32)25-11-6-13-27(20-25)33-26-12-5-10-24(19-26)22(2)34/h3-17,19-22,33-34H,18H2,1-2H3. The molecule has 5 rings (SSSR count). The Morgan fingerprint density at radius 3 is 2.39 bits per heavy atom. The Labute approximate surface area is 216 Å². The molecule has 0 fully saturated rings. The number of carbonyl (C=O) groups excluding carboxylic acids is 1. The number of Topliss-reactive ketones (excluding diaryl/α,β-unsaturated/α-hetero) is 1. The number of aliphatic hydroxyl groups is 1. The quantitative estimate of drug-likeness (QED) is 0.213. The topological polar surface area (TPSA) is 49.3 Å². The van der Waals surface area contributed by atoms with Gasteiger partial charge in [0.25, 0.3) is 0 Å². The second-order valence-electron chi connectivity index (χ2n) is 9.27. The van der Waals surface area contributed by atoms with Crippen LogP contribution < -0.4 is 5.32 Å². The number of carbonyl (C=O) groups is 1. The molecule has 1 heterocycles. The fourth-order valence-electron chi connectivity index (χ4n) is 4.60. The predicted molar refractivity (Wildman–Crippen MR) is 151 cm³/mol. The number of ketones is 1. The zero-order valence-corrected chi connectivity index (χ0v) is 21.3. The average molecular weight is 492 g/mol. The van der Waals surface area contributed by atoms with Crippen molar-refractivity contribution in [1.82, 2.24) is 0 Å². The van der Waals surface area contributed by atoms with E-state index in [9.17, 15) is 9.90 Å². The Kier molecular flexibility index (Phi) is 6.99. The van der Waals surface area contributed by atoms with Crippen molar-refractivity contribution in [3.63, 3.8) is 0 Å². The molecule has 180 valence electrons. The smallest absolute Gasteiger partial charge is 0.173 e. The first-order valence-corrected chi connectivity index (χ1v) is 13.1. The van der Waals surface area contributed by atoms with E-state index in [4.69, 9.17) is 0 Å². The van der Waals surface area contributed by atoms with E-state index < -0.39 is 6.10 Å². The molecule has 0 saturated carbocycles. The molecule has 0 amide bonds. The van der Waals surface area contributed by atoms with Crippen molar-refractivity contribution in [3.8, 4) is 10.4 Å². The van der Waals surface area contributed by atoms with E-state index in [-0.39, 0.29) is 11.7 Å². The van der Waals surface area contributed by atoms with Crippen LogP contribution in [-0.4, -0.2) is 10.9 Å². The van der Waals surface area contributed by atoms with Crippen molar-refractivity contribution in [1.29, 1.82) is 0 Å². The molecular formula is C32H29NO2S. The monoisotopic (exact) mass is 491 g/mol. The van der Waals surface area contributed by atoms with E-state index in [2.05, 4.69) is 60.8 Å². The Bertz CT molecular complexity index is 1510. The van der Waals surface area contributed by atoms with Gasteiger partial charge in [-0.25, -0.2) is 0 Å². The zero-order valence-electron chi connectivity index (χ0n) is 20.4. The number of fused-ring (bicyclic) bond motifs is 1. The van der Waals surface area contributed by atoms with E-state index >= 15 is 0 Å². The Morgan fingerprint density at radius 1 is 0.833 bits per heavy atom. The van der Waals surface area contributed by atoms with Gasteiger partial charge in [0.15, 0.2) is 5.78 Å². The molecule has 36 heavy (non-hydrogen) atoms. The number of hydrogen-bond acceptors (Lipinski definition) is 4. The van der Waals surface area contributed by atoms with Crippen molar-refractivity contribution in [2.24, 2.45) is 0 Å². The summed E-state index contributed by atoms with van der Waals surface area (Å²) in [7, 11) is 0. The van der Waals surface area contributed by atoms with Crippen LogP contribution in [0.1, 0.15) is 53.1 Å². The van der Waals surface area contributed by atoms with Crippen molar-refractivity contribution >= 4 is 39.3 Å². The van der Waals surface area contributed by atoms with Gasteiger partial charge in [-0.3, -0.25) is 4.79 Å². The molecule has 2 atom stereocenters. The molecular weight excluding hydrogens is 462 g/mol. The van der Waals surface area contributed by atoms with Crippen LogP contribution in [0.2, 0.25) is 0 Å². The third-order valence-corrected chi connectivity index (χ3v) is 7.71. The Hall–Kier alpha value is -3.73. The maximum absolute atomic E-state index is 13.2. The first kappa shape index (κ1) is 24.0. The number of nitrogens with one attached hydrogen (secondary N) is 1. The van der Waals surface area contributed by atoms with Crippen LogP contribution in [-0.2, 0) is 0 Å². The van der Waals surface area contributed by atoms with Crippen molar-refractivity contribution < 1.29 is 9.90 Å². The van der Waals surface area contributed by atoms with Crippen molar-refractivity contribution in [2.45, 2.75) is 32.3 Å². The van der Waals surface area contributed by atoms with Gasteiger partial charge in [0, 0.05) is 22.7 Å². The van der Waals surface area contributed by atoms with Gasteiger partial charge < -0.3 is 10.4 Å². The summed E-state index contributed by atoms with van der Waals surface area (Å²) in [5.41, 5.74) is 5.04. The second-order valence-corrected chi connectivity index (χ2v) is 10.4. The molecule has 0 bridgehead atoms. The fraction of sp³-hybridized carbons (Fsp3) is 0.156. The maximum Gasteiger partial charge on any atom is 0.173 e. The first-order chi connectivity index (χ1) is 17.5. The number of hydrogen-bond donors (Lipinski definition) is 2. The van der Waals surface area contributed by atoms with E-state index in [0.29, 0.717) is 6.42 Å². The summed E-state index contributed by atoms with van der Waals surface area (Å²) in [4.78, 5) is 15.0. The molecule has 0 aliphatic heterocycles. The second kappa shape index (κ2) is 10.5. The van der Waals surface area contributed by atoms with Gasteiger partial charge >= 0.3 is 0 Å². The molecule has 3 nitrogen and oxygen atoms in total. The lowest BCUT2D eigenvalue weighted by Gasteiger charge is -2.13. The summed E-state index contributed by atoms with van der Waals surface area (Å²) in [6.07, 6.45) is -0.0293. The van der Waals surface area contributed by atoms with Gasteiger partial charge in [-0.1, -0.05) is 73.7 Å². The Balaban J connectivity index is 1.31. The highest BCUT2D eigenvalue weighted by molar-refractivity contribution is 7.17. The molecule has 0 aliphatic carbocycles. The van der Waals surface area contributed by atoms with Gasteiger partial charge in [0.05, 0.1) is 11.0 Å². The molecule has 2 N–H and O–H groups in total. The van der Waals surface area contributed by atoms with E-state index in [1.54, 1.807) is 18.3 Å². The minimum absolute atomic E-state index is 0.138. The highest BCUT2D eigenvalue weighted by Gasteiger charge is 2.17. The van der Waals surface area contributed by atoms with Crippen molar-refractivity contribution in [3.05, 3.63) is 119 Å². The molecule has 0 radical (unpaired) electrons. The number of anilines is 2. The lowest BCUT2D eigenvalue weighted by Crippen LogP contribution is -2.04. The third kappa shape index (κ3) is 5.25. The number of aliphatic hydroxyl groups excluding tert-OH is 1. The van der Waals surface area contributed by atoms with Crippen LogP contribution in [0.15, 0.2) is 103 Å². The number of rotatable bonds is 8. The van der Waals surface area contributed by atoms with E-state index in [0.717, 1.165) is 32.3 Å². The highest BCUT2D eigenvalue weighted by atomic mass is 32.1. The highest BCUT2D eigenvalue weighted by Crippen LogP contribution is 2.34. The van der Waals surface area contributed by atoms with E-state index in [1.807, 2.05) is 54.6 Å². The SMILES string of the molecule is CC(O)c1cccc(Nc2cccc(-c3ccc(C(=O)CC(C)c4cccc5ccccc45)s3)c2)c1. The molecule has 2 unspecified atom stereocenters. The molecule has 0 saturated heterocycles. The lowest BCUT2D eigenvalue weighted by atomic mass is 9.91. The van der Waals surface area contributed by atoms with Crippen LogP contribution in [0.5, 0.6) is 0 Å². The van der Waals surface area contributed by atoms with Crippen LogP contribution in [0.4, 0.5) is 11.4 Å². The molecule has 4 heteroatoms. The van der Waals surface area contributed by atoms with Crippen LogP contribution in [0, 0.1) is 0 Å². The summed E-state index contributed by atoms with van der Waals surface area (Å²) in [6, 6.07) is 34.6. The molecule has 5 aromatic rings. The number of thiophene rings is 1. The van der Waals surface area contributed by atoms with Gasteiger partial charge in [0.1, 0.15) is 0 Å². The van der Waals surface area contributed by atoms with Gasteiger partial charge in [-0.15, -0.1) is 11.3 Å². The van der Waals surface area contributed by atoms with Crippen LogP contribution in [0.25, 0.3) is 21.2 Å². The molecule has 1 aromatic heterocycles. The van der Waals surface area contributed by atoms with E-state index in [1.165, 1.54) is 16.3 Å². The van der Waals surface area contributed by atoms with Crippen molar-refractivity contribution in [2.75, 3.05) is 5.32 Å².